The van der Waals surface area contributed by atoms with E-state index in [1.165, 1.54) is 13.0 Å². The van der Waals surface area contributed by atoms with Crippen molar-refractivity contribution in [2.45, 2.75) is 108 Å². The average molecular weight is 573 g/mol. The summed E-state index contributed by atoms with van der Waals surface area (Å²) in [6.07, 6.45) is -0.666. The molecule has 41 heavy (non-hydrogen) atoms. The minimum Gasteiger partial charge on any atom is -0.506 e. The normalized spacial score (nSPS) is 34.7. The van der Waals surface area contributed by atoms with E-state index >= 15 is 0 Å². The van der Waals surface area contributed by atoms with E-state index in [0.717, 1.165) is 44.6 Å². The first-order valence-corrected chi connectivity index (χ1v) is 14.5. The Kier molecular flexibility index (Phi) is 7.84. The molecule has 10 nitrogen and oxygen atoms in total. The first-order valence-electron chi connectivity index (χ1n) is 14.5. The molecule has 0 amide bonds. The molecule has 224 valence electrons. The summed E-state index contributed by atoms with van der Waals surface area (Å²) in [6.45, 7) is 5.01. The van der Waals surface area contributed by atoms with Crippen LogP contribution in [0.4, 0.5) is 0 Å². The summed E-state index contributed by atoms with van der Waals surface area (Å²) in [6, 6.07) is 4.03. The topological polar surface area (TPSA) is 174 Å². The van der Waals surface area contributed by atoms with E-state index < -0.39 is 53.3 Å². The van der Waals surface area contributed by atoms with E-state index in [4.69, 9.17) is 9.47 Å². The van der Waals surface area contributed by atoms with Crippen molar-refractivity contribution in [3.8, 4) is 11.5 Å². The maximum atomic E-state index is 12.3. The molecule has 3 fully saturated rings. The van der Waals surface area contributed by atoms with Crippen molar-refractivity contribution in [3.63, 3.8) is 0 Å². The summed E-state index contributed by atoms with van der Waals surface area (Å²) in [5, 5.41) is 67.4. The molecule has 0 bridgehead atoms. The summed E-state index contributed by atoms with van der Waals surface area (Å²) in [7, 11) is 0. The van der Waals surface area contributed by atoms with Crippen molar-refractivity contribution in [3.05, 3.63) is 34.9 Å². The van der Waals surface area contributed by atoms with Gasteiger partial charge in [-0.3, -0.25) is 4.79 Å². The maximum Gasteiger partial charge on any atom is 0.335 e. The van der Waals surface area contributed by atoms with Crippen molar-refractivity contribution < 1.29 is 49.7 Å². The van der Waals surface area contributed by atoms with E-state index in [-0.39, 0.29) is 45.9 Å². The third kappa shape index (κ3) is 4.79. The number of unbranched alkanes of at least 4 members (excludes halogenated alkanes) is 2. The molecule has 2 aromatic rings. The van der Waals surface area contributed by atoms with E-state index in [9.17, 15) is 40.2 Å². The van der Waals surface area contributed by atoms with Gasteiger partial charge in [0.1, 0.15) is 35.4 Å². The summed E-state index contributed by atoms with van der Waals surface area (Å²) in [5.74, 6) is -2.49. The lowest BCUT2D eigenvalue weighted by Gasteiger charge is -2.59. The zero-order valence-electron chi connectivity index (χ0n) is 23.7. The SMILES string of the molecule is CCCCCC1CC2(O)C(O)C(O)C(Oc3cc(C(=O)O)cc4cc(C)c(C(C)=O)c(O)c34)OC2C2(O)CCCC12. The zero-order chi connectivity index (χ0) is 29.9. The smallest absolute Gasteiger partial charge is 0.335 e. The summed E-state index contributed by atoms with van der Waals surface area (Å²) in [4.78, 5) is 24.2. The van der Waals surface area contributed by atoms with Gasteiger partial charge in [0.2, 0.25) is 6.29 Å². The lowest BCUT2D eigenvalue weighted by molar-refractivity contribution is -0.361. The number of aromatic hydroxyl groups is 1. The molecule has 1 heterocycles. The van der Waals surface area contributed by atoms with Crippen molar-refractivity contribution >= 4 is 22.5 Å². The standard InChI is InChI=1S/C31H40O10/c1-4-5-6-8-17-14-31(39)26(35)25(34)28(41-29(31)30(38)10-7-9-20(17)30)40-21-13-19(27(36)37)12-18-11-15(2)22(16(3)32)24(33)23(18)21/h11-13,17,20,25-26,28-29,33-35,38-39H,4-10,14H2,1-3H3,(H,36,37). The Labute approximate surface area is 238 Å². The number of aliphatic hydroxyl groups is 4. The van der Waals surface area contributed by atoms with Crippen molar-refractivity contribution in [2.24, 2.45) is 11.8 Å². The van der Waals surface area contributed by atoms with Gasteiger partial charge in [-0.05, 0) is 74.4 Å². The largest absolute Gasteiger partial charge is 0.506 e. The molecule has 2 aromatic carbocycles. The predicted octanol–water partition coefficient (Wildman–Crippen LogP) is 3.44. The van der Waals surface area contributed by atoms with Crippen LogP contribution in [0.15, 0.2) is 18.2 Å². The van der Waals surface area contributed by atoms with Gasteiger partial charge in [-0.1, -0.05) is 38.7 Å². The predicted molar refractivity (Wildman–Crippen MR) is 148 cm³/mol. The number of carbonyl (C=O) groups excluding carboxylic acids is 1. The first-order chi connectivity index (χ1) is 19.3. The number of aliphatic hydroxyl groups excluding tert-OH is 2. The molecule has 1 saturated heterocycles. The van der Waals surface area contributed by atoms with Gasteiger partial charge in [-0.15, -0.1) is 0 Å². The van der Waals surface area contributed by atoms with Gasteiger partial charge in [0.25, 0.3) is 0 Å². The molecule has 6 N–H and O–H groups in total. The number of aryl methyl sites for hydroxylation is 1. The molecule has 5 rings (SSSR count). The first kappa shape index (κ1) is 29.7. The molecular weight excluding hydrogens is 532 g/mol. The number of Topliss-reactive ketones (excluding diaryl/α,β-unsaturated/α-hetero) is 1. The third-order valence-electron chi connectivity index (χ3n) is 9.58. The van der Waals surface area contributed by atoms with Gasteiger partial charge < -0.3 is 40.1 Å². The third-order valence-corrected chi connectivity index (χ3v) is 9.58. The second kappa shape index (κ2) is 10.8. The summed E-state index contributed by atoms with van der Waals surface area (Å²) < 4.78 is 12.1. The molecule has 8 unspecified atom stereocenters. The molecule has 1 aliphatic heterocycles. The molecule has 2 saturated carbocycles. The van der Waals surface area contributed by atoms with Crippen molar-refractivity contribution in [2.75, 3.05) is 0 Å². The number of aromatic carboxylic acids is 1. The molecular formula is C31H40O10. The minimum absolute atomic E-state index is 0.0361. The van der Waals surface area contributed by atoms with Crippen LogP contribution in [-0.2, 0) is 4.74 Å². The molecule has 3 aliphatic rings. The van der Waals surface area contributed by atoms with Crippen LogP contribution in [0, 0.1) is 18.8 Å². The summed E-state index contributed by atoms with van der Waals surface area (Å²) in [5.41, 5.74) is -3.09. The Bertz CT molecular complexity index is 1360. The van der Waals surface area contributed by atoms with E-state index in [2.05, 4.69) is 6.92 Å². The van der Waals surface area contributed by atoms with Crippen LogP contribution in [-0.4, -0.2) is 78.2 Å². The van der Waals surface area contributed by atoms with Gasteiger partial charge in [0.15, 0.2) is 5.78 Å². The van der Waals surface area contributed by atoms with Crippen molar-refractivity contribution in [1.82, 2.24) is 0 Å². The van der Waals surface area contributed by atoms with Crippen LogP contribution in [0.2, 0.25) is 0 Å². The Balaban J connectivity index is 1.55. The molecule has 0 radical (unpaired) electrons. The van der Waals surface area contributed by atoms with Crippen LogP contribution in [0.3, 0.4) is 0 Å². The molecule has 10 heteroatoms. The highest BCUT2D eigenvalue weighted by Gasteiger charge is 2.69. The number of carboxylic acids is 1. The average Bonchev–Trinajstić information content (AvgIpc) is 3.30. The number of carboxylic acid groups (broad SMARTS) is 1. The Morgan fingerprint density at radius 1 is 1.12 bits per heavy atom. The number of hydrogen-bond donors (Lipinski definition) is 6. The molecule has 0 spiro atoms. The fourth-order valence-electron chi connectivity index (χ4n) is 7.75. The number of rotatable bonds is 8. The number of fused-ring (bicyclic) bond motifs is 4. The quantitative estimate of drug-likeness (QED) is 0.203. The van der Waals surface area contributed by atoms with Gasteiger partial charge >= 0.3 is 5.97 Å². The lowest BCUT2D eigenvalue weighted by atomic mass is 9.58. The minimum atomic E-state index is -1.93. The highest BCUT2D eigenvalue weighted by molar-refractivity contribution is 6.08. The van der Waals surface area contributed by atoms with Gasteiger partial charge in [0, 0.05) is 0 Å². The van der Waals surface area contributed by atoms with E-state index in [1.54, 1.807) is 13.0 Å². The monoisotopic (exact) mass is 572 g/mol. The van der Waals surface area contributed by atoms with Gasteiger partial charge in [-0.25, -0.2) is 4.79 Å². The second-order valence-corrected chi connectivity index (χ2v) is 12.2. The van der Waals surface area contributed by atoms with Crippen molar-refractivity contribution in [1.29, 1.82) is 0 Å². The molecule has 2 aliphatic carbocycles. The second-order valence-electron chi connectivity index (χ2n) is 12.2. The highest BCUT2D eigenvalue weighted by atomic mass is 16.7. The zero-order valence-corrected chi connectivity index (χ0v) is 23.7. The number of carbonyl (C=O) groups is 2. The van der Waals surface area contributed by atoms with E-state index in [0.29, 0.717) is 12.0 Å². The van der Waals surface area contributed by atoms with Crippen LogP contribution in [0.25, 0.3) is 10.8 Å². The van der Waals surface area contributed by atoms with Crippen LogP contribution < -0.4 is 4.74 Å². The van der Waals surface area contributed by atoms with Crippen LogP contribution >= 0.6 is 0 Å². The number of phenols is 1. The Morgan fingerprint density at radius 2 is 1.85 bits per heavy atom. The van der Waals surface area contributed by atoms with Gasteiger partial charge in [0.05, 0.1) is 22.1 Å². The number of benzene rings is 2. The van der Waals surface area contributed by atoms with Gasteiger partial charge in [-0.2, -0.15) is 0 Å². The summed E-state index contributed by atoms with van der Waals surface area (Å²) >= 11 is 0. The molecule has 8 atom stereocenters. The number of ketones is 1. The number of phenolic OH excluding ortho intramolecular Hbond substituents is 1. The van der Waals surface area contributed by atoms with E-state index in [1.807, 2.05) is 0 Å². The lowest BCUT2D eigenvalue weighted by Crippen LogP contribution is -2.76. The highest BCUT2D eigenvalue weighted by Crippen LogP contribution is 2.57. The fraction of sp³-hybridized carbons (Fsp3) is 0.613. The van der Waals surface area contributed by atoms with Crippen LogP contribution in [0.1, 0.15) is 91.5 Å². The molecule has 0 aromatic heterocycles. The van der Waals surface area contributed by atoms with Crippen LogP contribution in [0.5, 0.6) is 11.5 Å². The number of hydrogen-bond acceptors (Lipinski definition) is 9. The number of ether oxygens (including phenoxy) is 2. The maximum absolute atomic E-state index is 12.3. The Morgan fingerprint density at radius 3 is 2.51 bits per heavy atom. The fourth-order valence-corrected chi connectivity index (χ4v) is 7.75. The Hall–Kier alpha value is -2.76.